The number of nitrogens with two attached hydrogens (primary N) is 4. The van der Waals surface area contributed by atoms with E-state index in [1.54, 1.807) is 0 Å². The third kappa shape index (κ3) is 9.40. The van der Waals surface area contributed by atoms with E-state index in [9.17, 15) is 9.59 Å². The number of unbranched alkanes of at least 4 members (excludes halogenated alkanes) is 2. The van der Waals surface area contributed by atoms with Gasteiger partial charge in [-0.25, -0.2) is 21.3 Å². The van der Waals surface area contributed by atoms with Crippen LogP contribution in [0.5, 0.6) is 0 Å². The Kier molecular flexibility index (Phi) is 9.48. The van der Waals surface area contributed by atoms with Crippen LogP contribution in [0.2, 0.25) is 0 Å². The first-order valence-electron chi connectivity index (χ1n) is 6.98. The van der Waals surface area contributed by atoms with Crippen molar-refractivity contribution >= 4 is 12.1 Å². The van der Waals surface area contributed by atoms with E-state index in [1.165, 1.54) is 0 Å². The summed E-state index contributed by atoms with van der Waals surface area (Å²) >= 11 is 0. The van der Waals surface area contributed by atoms with Gasteiger partial charge >= 0.3 is 12.1 Å². The SMILES string of the molecule is CC(CCCCN(N)C(N)=O)CCCCN(N)C(N)=O. The highest BCUT2D eigenvalue weighted by Crippen LogP contribution is 2.15. The Morgan fingerprint density at radius 2 is 1.20 bits per heavy atom. The molecular weight excluding hydrogens is 260 g/mol. The van der Waals surface area contributed by atoms with Gasteiger partial charge in [-0.1, -0.05) is 32.6 Å². The first-order chi connectivity index (χ1) is 9.34. The molecule has 0 heterocycles. The monoisotopic (exact) mass is 288 g/mol. The number of amides is 4. The fraction of sp³-hybridized carbons (Fsp3) is 0.833. The summed E-state index contributed by atoms with van der Waals surface area (Å²) in [5.41, 5.74) is 10.0. The zero-order chi connectivity index (χ0) is 15.5. The minimum absolute atomic E-state index is 0.489. The Morgan fingerprint density at radius 3 is 1.50 bits per heavy atom. The van der Waals surface area contributed by atoms with Gasteiger partial charge in [0.15, 0.2) is 0 Å². The average molecular weight is 288 g/mol. The van der Waals surface area contributed by atoms with Crippen molar-refractivity contribution in [2.24, 2.45) is 29.1 Å². The van der Waals surface area contributed by atoms with Gasteiger partial charge in [-0.3, -0.25) is 10.0 Å². The zero-order valence-corrected chi connectivity index (χ0v) is 12.3. The minimum Gasteiger partial charge on any atom is -0.350 e. The topological polar surface area (TPSA) is 145 Å². The van der Waals surface area contributed by atoms with Crippen LogP contribution in [0.4, 0.5) is 9.59 Å². The van der Waals surface area contributed by atoms with Crippen molar-refractivity contribution in [1.82, 2.24) is 10.0 Å². The molecule has 8 nitrogen and oxygen atoms in total. The second-order valence-electron chi connectivity index (χ2n) is 5.16. The quantitative estimate of drug-likeness (QED) is 0.200. The lowest BCUT2D eigenvalue weighted by Crippen LogP contribution is -2.41. The molecule has 0 aromatic carbocycles. The summed E-state index contributed by atoms with van der Waals surface area (Å²) in [4.78, 5) is 21.4. The molecule has 0 fully saturated rings. The molecule has 0 radical (unpaired) electrons. The largest absolute Gasteiger partial charge is 0.350 e. The number of hydrazine groups is 2. The van der Waals surface area contributed by atoms with Crippen molar-refractivity contribution in [3.8, 4) is 0 Å². The van der Waals surface area contributed by atoms with Gasteiger partial charge in [0.1, 0.15) is 0 Å². The fourth-order valence-corrected chi connectivity index (χ4v) is 1.91. The summed E-state index contributed by atoms with van der Waals surface area (Å²) in [6, 6.07) is -1.20. The van der Waals surface area contributed by atoms with E-state index in [0.717, 1.165) is 48.5 Å². The highest BCUT2D eigenvalue weighted by molar-refractivity contribution is 5.71. The number of hydrogen-bond donors (Lipinski definition) is 4. The molecule has 0 aromatic heterocycles. The molecule has 0 aliphatic rings. The lowest BCUT2D eigenvalue weighted by atomic mass is 9.98. The second-order valence-corrected chi connectivity index (χ2v) is 5.16. The Bertz CT molecular complexity index is 272. The molecule has 0 spiro atoms. The third-order valence-electron chi connectivity index (χ3n) is 3.26. The second kappa shape index (κ2) is 10.3. The summed E-state index contributed by atoms with van der Waals surface area (Å²) < 4.78 is 0. The highest BCUT2D eigenvalue weighted by Gasteiger charge is 2.07. The summed E-state index contributed by atoms with van der Waals surface area (Å²) in [5, 5.41) is 2.06. The Morgan fingerprint density at radius 1 is 0.850 bits per heavy atom. The first kappa shape index (κ1) is 18.5. The molecule has 0 aliphatic carbocycles. The number of urea groups is 2. The van der Waals surface area contributed by atoms with Crippen LogP contribution < -0.4 is 23.2 Å². The summed E-state index contributed by atoms with van der Waals surface area (Å²) in [5.74, 6) is 11.4. The van der Waals surface area contributed by atoms with Gasteiger partial charge in [-0.15, -0.1) is 0 Å². The predicted octanol–water partition coefficient (Wildman–Crippen LogP) is 0.472. The molecule has 0 aromatic rings. The van der Waals surface area contributed by atoms with Crippen molar-refractivity contribution < 1.29 is 9.59 Å². The smallest absolute Gasteiger partial charge is 0.328 e. The maximum atomic E-state index is 10.7. The molecule has 0 saturated heterocycles. The van der Waals surface area contributed by atoms with Crippen LogP contribution in [0.1, 0.15) is 45.4 Å². The molecule has 0 atom stereocenters. The maximum absolute atomic E-state index is 10.7. The molecule has 118 valence electrons. The van der Waals surface area contributed by atoms with Crippen molar-refractivity contribution in [2.45, 2.75) is 45.4 Å². The number of rotatable bonds is 10. The van der Waals surface area contributed by atoms with Gasteiger partial charge in [-0.05, 0) is 18.8 Å². The van der Waals surface area contributed by atoms with Crippen LogP contribution >= 0.6 is 0 Å². The van der Waals surface area contributed by atoms with Gasteiger partial charge in [-0.2, -0.15) is 0 Å². The van der Waals surface area contributed by atoms with E-state index in [-0.39, 0.29) is 0 Å². The fourth-order valence-electron chi connectivity index (χ4n) is 1.91. The van der Waals surface area contributed by atoms with Crippen molar-refractivity contribution in [1.29, 1.82) is 0 Å². The molecule has 8 N–H and O–H groups in total. The van der Waals surface area contributed by atoms with Crippen LogP contribution in [0, 0.1) is 5.92 Å². The van der Waals surface area contributed by atoms with E-state index in [0.29, 0.717) is 19.0 Å². The molecule has 0 saturated carbocycles. The highest BCUT2D eigenvalue weighted by atomic mass is 16.2. The molecular formula is C12H28N6O2. The maximum Gasteiger partial charge on any atom is 0.328 e. The van der Waals surface area contributed by atoms with E-state index < -0.39 is 12.1 Å². The number of carbonyl (C=O) groups is 2. The first-order valence-corrected chi connectivity index (χ1v) is 6.98. The minimum atomic E-state index is -0.598. The number of carbonyl (C=O) groups excluding carboxylic acids is 2. The lowest BCUT2D eigenvalue weighted by Gasteiger charge is -2.16. The van der Waals surface area contributed by atoms with Crippen molar-refractivity contribution in [3.05, 3.63) is 0 Å². The lowest BCUT2D eigenvalue weighted by molar-refractivity contribution is 0.207. The predicted molar refractivity (Wildman–Crippen MR) is 77.8 cm³/mol. The normalized spacial score (nSPS) is 10.6. The molecule has 0 rings (SSSR count). The van der Waals surface area contributed by atoms with Gasteiger partial charge in [0.2, 0.25) is 0 Å². The van der Waals surface area contributed by atoms with E-state index in [4.69, 9.17) is 23.2 Å². The molecule has 0 unspecified atom stereocenters. The van der Waals surface area contributed by atoms with Gasteiger partial charge in [0, 0.05) is 13.1 Å². The van der Waals surface area contributed by atoms with E-state index >= 15 is 0 Å². The molecule has 8 heteroatoms. The summed E-state index contributed by atoms with van der Waals surface area (Å²) in [7, 11) is 0. The van der Waals surface area contributed by atoms with Gasteiger partial charge in [0.05, 0.1) is 0 Å². The summed E-state index contributed by atoms with van der Waals surface area (Å²) in [6.07, 6.45) is 5.87. The Balaban J connectivity index is 3.48. The summed E-state index contributed by atoms with van der Waals surface area (Å²) in [6.45, 7) is 3.16. The van der Waals surface area contributed by atoms with Crippen LogP contribution in [-0.2, 0) is 0 Å². The number of nitrogens with zero attached hydrogens (tertiary/aromatic N) is 2. The van der Waals surface area contributed by atoms with Gasteiger partial charge in [0.25, 0.3) is 0 Å². The van der Waals surface area contributed by atoms with E-state index in [1.807, 2.05) is 0 Å². The van der Waals surface area contributed by atoms with Crippen LogP contribution in [0.25, 0.3) is 0 Å². The molecule has 4 amide bonds. The third-order valence-corrected chi connectivity index (χ3v) is 3.26. The van der Waals surface area contributed by atoms with Crippen molar-refractivity contribution in [2.75, 3.05) is 13.1 Å². The Labute approximate surface area is 120 Å². The molecule has 0 bridgehead atoms. The van der Waals surface area contributed by atoms with Crippen LogP contribution in [0.15, 0.2) is 0 Å². The van der Waals surface area contributed by atoms with Gasteiger partial charge < -0.3 is 11.5 Å². The van der Waals surface area contributed by atoms with Crippen molar-refractivity contribution in [3.63, 3.8) is 0 Å². The number of hydrogen-bond acceptors (Lipinski definition) is 4. The number of primary amides is 2. The van der Waals surface area contributed by atoms with Crippen LogP contribution in [-0.4, -0.2) is 35.2 Å². The molecule has 0 aliphatic heterocycles. The van der Waals surface area contributed by atoms with E-state index in [2.05, 4.69) is 6.92 Å². The average Bonchev–Trinajstić information content (AvgIpc) is 2.38. The Hall–Kier alpha value is -1.54. The molecule has 20 heavy (non-hydrogen) atoms. The standard InChI is InChI=1S/C12H28N6O2/c1-10(6-2-4-8-17(15)11(13)19)7-3-5-9-18(16)12(14)20/h10H,2-9,15-16H2,1H3,(H2,13,19)(H2,14,20). The van der Waals surface area contributed by atoms with Crippen LogP contribution in [0.3, 0.4) is 0 Å². The zero-order valence-electron chi connectivity index (χ0n) is 12.3.